The number of fused-ring (bicyclic) bond motifs is 1. The quantitative estimate of drug-likeness (QED) is 0.651. The topological polar surface area (TPSA) is 57.3 Å². The van der Waals surface area contributed by atoms with E-state index >= 15 is 0 Å². The van der Waals surface area contributed by atoms with Gasteiger partial charge in [0.1, 0.15) is 5.82 Å². The van der Waals surface area contributed by atoms with Crippen LogP contribution in [-0.2, 0) is 6.54 Å². The van der Waals surface area contributed by atoms with Gasteiger partial charge in [-0.15, -0.1) is 0 Å². The van der Waals surface area contributed by atoms with E-state index in [-0.39, 0.29) is 18.4 Å². The number of benzene rings is 2. The molecule has 1 fully saturated rings. The summed E-state index contributed by atoms with van der Waals surface area (Å²) >= 11 is 0. The Balaban J connectivity index is 1.38. The Morgan fingerprint density at radius 2 is 1.90 bits per heavy atom. The van der Waals surface area contributed by atoms with E-state index in [0.717, 1.165) is 42.3 Å². The second kappa shape index (κ2) is 8.90. The van der Waals surface area contributed by atoms with E-state index in [9.17, 15) is 9.18 Å². The van der Waals surface area contributed by atoms with Gasteiger partial charge in [0.05, 0.1) is 11.4 Å². The summed E-state index contributed by atoms with van der Waals surface area (Å²) in [5.41, 5.74) is 2.10. The van der Waals surface area contributed by atoms with Crippen molar-refractivity contribution in [3.63, 3.8) is 0 Å². The van der Waals surface area contributed by atoms with Gasteiger partial charge in [-0.2, -0.15) is 0 Å². The van der Waals surface area contributed by atoms with Crippen molar-refractivity contribution in [2.45, 2.75) is 32.2 Å². The lowest BCUT2D eigenvalue weighted by Crippen LogP contribution is -2.28. The molecule has 2 heterocycles. The summed E-state index contributed by atoms with van der Waals surface area (Å²) in [7, 11) is 0. The normalized spacial score (nSPS) is 14.4. The molecule has 2 N–H and O–H groups in total. The number of hydrogen-bond donors (Lipinski definition) is 2. The Hall–Kier alpha value is -3.15. The smallest absolute Gasteiger partial charge is 0.319 e. The fraction of sp³-hybridized carbons (Fsp3) is 0.304. The van der Waals surface area contributed by atoms with Crippen molar-refractivity contribution < 1.29 is 9.18 Å². The number of carbonyl (C=O) groups is 1. The number of halogens is 1. The number of nitrogens with zero attached hydrogens (tertiary/aromatic N) is 2. The van der Waals surface area contributed by atoms with Crippen molar-refractivity contribution in [1.82, 2.24) is 10.3 Å². The van der Waals surface area contributed by atoms with Crippen molar-refractivity contribution >= 4 is 28.2 Å². The molecular weight excluding hydrogens is 367 g/mol. The van der Waals surface area contributed by atoms with Gasteiger partial charge >= 0.3 is 6.03 Å². The summed E-state index contributed by atoms with van der Waals surface area (Å²) in [5, 5.41) is 7.54. The number of carbonyl (C=O) groups excluding carboxylic acids is 1. The van der Waals surface area contributed by atoms with Crippen molar-refractivity contribution in [3.05, 3.63) is 66.2 Å². The fourth-order valence-corrected chi connectivity index (χ4v) is 3.81. The van der Waals surface area contributed by atoms with Crippen LogP contribution in [0.2, 0.25) is 0 Å². The Labute approximate surface area is 169 Å². The maximum Gasteiger partial charge on any atom is 0.319 e. The molecule has 150 valence electrons. The first kappa shape index (κ1) is 19.2. The van der Waals surface area contributed by atoms with Gasteiger partial charge in [0.2, 0.25) is 0 Å². The molecule has 29 heavy (non-hydrogen) atoms. The molecule has 0 aliphatic carbocycles. The minimum absolute atomic E-state index is 0.229. The molecule has 4 rings (SSSR count). The molecule has 0 saturated carbocycles. The number of hydrogen-bond acceptors (Lipinski definition) is 3. The van der Waals surface area contributed by atoms with Crippen LogP contribution in [0, 0.1) is 5.82 Å². The third-order valence-corrected chi connectivity index (χ3v) is 5.34. The van der Waals surface area contributed by atoms with Gasteiger partial charge in [-0.3, -0.25) is 4.98 Å². The summed E-state index contributed by atoms with van der Waals surface area (Å²) in [5.74, 6) is -0.229. The molecule has 0 unspecified atom stereocenters. The number of aromatic nitrogens is 1. The highest BCUT2D eigenvalue weighted by molar-refractivity contribution is 6.01. The first-order valence-corrected chi connectivity index (χ1v) is 10.1. The van der Waals surface area contributed by atoms with Crippen LogP contribution in [0.4, 0.5) is 20.6 Å². The van der Waals surface area contributed by atoms with Crippen molar-refractivity contribution in [1.29, 1.82) is 0 Å². The molecule has 1 aliphatic heterocycles. The van der Waals surface area contributed by atoms with Crippen LogP contribution in [0.25, 0.3) is 10.8 Å². The van der Waals surface area contributed by atoms with Gasteiger partial charge in [0.15, 0.2) is 0 Å². The molecule has 3 aromatic rings. The summed E-state index contributed by atoms with van der Waals surface area (Å²) in [4.78, 5) is 18.5. The predicted octanol–water partition coefficient (Wildman–Crippen LogP) is 5.08. The summed E-state index contributed by atoms with van der Waals surface area (Å²) < 4.78 is 14.6. The maximum absolute atomic E-state index is 14.6. The highest BCUT2D eigenvalue weighted by Crippen LogP contribution is 2.24. The minimum Gasteiger partial charge on any atom is -0.369 e. The second-order valence-electron chi connectivity index (χ2n) is 7.40. The van der Waals surface area contributed by atoms with E-state index in [1.807, 2.05) is 36.4 Å². The van der Waals surface area contributed by atoms with Crippen LogP contribution in [0.1, 0.15) is 31.2 Å². The van der Waals surface area contributed by atoms with Gasteiger partial charge in [-0.05, 0) is 42.7 Å². The average Bonchev–Trinajstić information content (AvgIpc) is 3.02. The first-order chi connectivity index (χ1) is 14.2. The largest absolute Gasteiger partial charge is 0.369 e. The second-order valence-corrected chi connectivity index (χ2v) is 7.40. The molecule has 2 aromatic carbocycles. The van der Waals surface area contributed by atoms with E-state index < -0.39 is 0 Å². The molecule has 0 bridgehead atoms. The van der Waals surface area contributed by atoms with Crippen LogP contribution in [-0.4, -0.2) is 24.1 Å². The Morgan fingerprint density at radius 3 is 2.69 bits per heavy atom. The Kier molecular flexibility index (Phi) is 5.89. The van der Waals surface area contributed by atoms with Crippen molar-refractivity contribution in [3.8, 4) is 0 Å². The summed E-state index contributed by atoms with van der Waals surface area (Å²) in [6.45, 7) is 2.06. The van der Waals surface area contributed by atoms with Crippen LogP contribution in [0.5, 0.6) is 0 Å². The van der Waals surface area contributed by atoms with E-state index in [4.69, 9.17) is 0 Å². The van der Waals surface area contributed by atoms with Gasteiger partial charge in [0, 0.05) is 42.8 Å². The van der Waals surface area contributed by atoms with Crippen molar-refractivity contribution in [2.24, 2.45) is 0 Å². The van der Waals surface area contributed by atoms with Gasteiger partial charge in [0.25, 0.3) is 0 Å². The number of nitrogens with one attached hydrogen (secondary N) is 2. The summed E-state index contributed by atoms with van der Waals surface area (Å²) in [6.07, 6.45) is 8.08. The molecule has 2 amide bonds. The third-order valence-electron chi connectivity index (χ3n) is 5.34. The molecule has 0 atom stereocenters. The van der Waals surface area contributed by atoms with Crippen molar-refractivity contribution in [2.75, 3.05) is 23.3 Å². The average molecular weight is 392 g/mol. The molecule has 0 spiro atoms. The van der Waals surface area contributed by atoms with E-state index in [0.29, 0.717) is 11.4 Å². The van der Waals surface area contributed by atoms with Gasteiger partial charge in [-0.25, -0.2) is 9.18 Å². The molecule has 6 heteroatoms. The molecule has 5 nitrogen and oxygen atoms in total. The zero-order chi connectivity index (χ0) is 20.1. The zero-order valence-electron chi connectivity index (χ0n) is 16.3. The van der Waals surface area contributed by atoms with Crippen LogP contribution < -0.4 is 15.5 Å². The van der Waals surface area contributed by atoms with E-state index in [1.165, 1.54) is 18.9 Å². The number of pyridine rings is 1. The molecule has 0 radical (unpaired) electrons. The Bertz CT molecular complexity index is 994. The van der Waals surface area contributed by atoms with Gasteiger partial charge in [-0.1, -0.05) is 31.0 Å². The monoisotopic (exact) mass is 392 g/mol. The summed E-state index contributed by atoms with van der Waals surface area (Å²) in [6, 6.07) is 12.4. The minimum atomic E-state index is -0.327. The standard InChI is InChI=1S/C23H25FN4O/c24-20-14-17(8-9-22(20)28-12-3-1-2-4-13-28)15-26-23(29)27-21-7-5-6-18-16-25-11-10-19(18)21/h5-11,14,16H,1-4,12-13,15H2,(H2,26,27,29). The van der Waals surface area contributed by atoms with Crippen LogP contribution >= 0.6 is 0 Å². The molecule has 1 aromatic heterocycles. The Morgan fingerprint density at radius 1 is 1.07 bits per heavy atom. The number of anilines is 2. The van der Waals surface area contributed by atoms with E-state index in [2.05, 4.69) is 20.5 Å². The lowest BCUT2D eigenvalue weighted by Gasteiger charge is -2.23. The highest BCUT2D eigenvalue weighted by Gasteiger charge is 2.14. The molecular formula is C23H25FN4O. The zero-order valence-corrected chi connectivity index (χ0v) is 16.3. The maximum atomic E-state index is 14.6. The van der Waals surface area contributed by atoms with Crippen LogP contribution in [0.3, 0.4) is 0 Å². The first-order valence-electron chi connectivity index (χ1n) is 10.1. The van der Waals surface area contributed by atoms with Gasteiger partial charge < -0.3 is 15.5 Å². The highest BCUT2D eigenvalue weighted by atomic mass is 19.1. The number of amides is 2. The van der Waals surface area contributed by atoms with Crippen LogP contribution in [0.15, 0.2) is 54.9 Å². The fourth-order valence-electron chi connectivity index (χ4n) is 3.81. The molecule has 1 aliphatic rings. The van der Waals surface area contributed by atoms with E-state index in [1.54, 1.807) is 12.4 Å². The number of urea groups is 1. The lowest BCUT2D eigenvalue weighted by atomic mass is 10.1. The number of rotatable bonds is 4. The predicted molar refractivity (Wildman–Crippen MR) is 115 cm³/mol. The molecule has 1 saturated heterocycles. The lowest BCUT2D eigenvalue weighted by molar-refractivity contribution is 0.251. The SMILES string of the molecule is O=C(NCc1ccc(N2CCCCCC2)c(F)c1)Nc1cccc2cnccc12. The third kappa shape index (κ3) is 4.65.